The fraction of sp³-hybridized carbons (Fsp3) is 0.192. The van der Waals surface area contributed by atoms with Crippen LogP contribution >= 0.6 is 0 Å². The van der Waals surface area contributed by atoms with E-state index in [9.17, 15) is 18.4 Å². The minimum atomic E-state index is -0.809. The fourth-order valence-corrected chi connectivity index (χ4v) is 4.30. The molecule has 3 N–H and O–H groups in total. The molecule has 0 atom stereocenters. The van der Waals surface area contributed by atoms with Gasteiger partial charge in [-0.15, -0.1) is 5.10 Å². The molecule has 1 aromatic heterocycles. The molecule has 9 nitrogen and oxygen atoms in total. The second-order valence-electron chi connectivity index (χ2n) is 8.68. The number of likely N-dealkylation sites (tertiary alicyclic amines) is 1. The molecule has 0 saturated carbocycles. The highest BCUT2D eigenvalue weighted by molar-refractivity contribution is 6.02. The monoisotopic (exact) mass is 503 g/mol. The van der Waals surface area contributed by atoms with Crippen LogP contribution in [0.1, 0.15) is 29.6 Å². The van der Waals surface area contributed by atoms with Gasteiger partial charge in [-0.05, 0) is 77.2 Å². The van der Waals surface area contributed by atoms with Gasteiger partial charge in [-0.25, -0.2) is 18.7 Å². The number of anilines is 2. The predicted molar refractivity (Wildman–Crippen MR) is 134 cm³/mol. The summed E-state index contributed by atoms with van der Waals surface area (Å²) >= 11 is 0. The fourth-order valence-electron chi connectivity index (χ4n) is 4.30. The molecule has 11 heteroatoms. The van der Waals surface area contributed by atoms with Crippen LogP contribution in [0.2, 0.25) is 0 Å². The van der Waals surface area contributed by atoms with Gasteiger partial charge in [0.2, 0.25) is 0 Å². The maximum Gasteiger partial charge on any atom is 0.323 e. The molecule has 1 aliphatic heterocycles. The van der Waals surface area contributed by atoms with Crippen LogP contribution in [0.15, 0.2) is 60.7 Å². The number of nitrogens with one attached hydrogen (secondary N) is 3. The molecule has 0 spiro atoms. The van der Waals surface area contributed by atoms with Crippen molar-refractivity contribution in [2.24, 2.45) is 0 Å². The van der Waals surface area contributed by atoms with Crippen LogP contribution in [0.5, 0.6) is 0 Å². The van der Waals surface area contributed by atoms with Gasteiger partial charge in [0.15, 0.2) is 5.82 Å². The molecule has 188 valence electrons. The van der Waals surface area contributed by atoms with E-state index in [2.05, 4.69) is 31.3 Å². The van der Waals surface area contributed by atoms with Gasteiger partial charge in [0, 0.05) is 36.0 Å². The standard InChI is InChI=1S/C26H23F2N7O2/c27-19-13-20(28)15-21(14-19)29-26(37)30-23-9-8-18(12-22(23)24-31-33-34-32-24)16-4-6-17(7-5-16)25(36)35-10-2-1-3-11-35/h4-9,12-15H,1-3,10-11H2,(H2,29,30,37)(H,31,32,33,34). The van der Waals surface area contributed by atoms with E-state index in [1.807, 2.05) is 17.0 Å². The zero-order chi connectivity index (χ0) is 25.8. The number of hydrogen-bond acceptors (Lipinski definition) is 5. The number of halogens is 2. The molecule has 1 fully saturated rings. The van der Waals surface area contributed by atoms with E-state index in [-0.39, 0.29) is 11.6 Å². The van der Waals surface area contributed by atoms with E-state index in [0.29, 0.717) is 28.7 Å². The van der Waals surface area contributed by atoms with E-state index in [1.54, 1.807) is 30.3 Å². The highest BCUT2D eigenvalue weighted by Crippen LogP contribution is 2.31. The molecule has 37 heavy (non-hydrogen) atoms. The van der Waals surface area contributed by atoms with Crippen molar-refractivity contribution >= 4 is 23.3 Å². The van der Waals surface area contributed by atoms with Crippen LogP contribution in [0.3, 0.4) is 0 Å². The highest BCUT2D eigenvalue weighted by Gasteiger charge is 2.19. The number of rotatable bonds is 5. The number of nitrogens with zero attached hydrogens (tertiary/aromatic N) is 4. The number of benzene rings is 3. The van der Waals surface area contributed by atoms with Crippen molar-refractivity contribution in [2.45, 2.75) is 19.3 Å². The quantitative estimate of drug-likeness (QED) is 0.351. The summed E-state index contributed by atoms with van der Waals surface area (Å²) in [7, 11) is 0. The molecule has 3 aromatic carbocycles. The summed E-state index contributed by atoms with van der Waals surface area (Å²) in [6.45, 7) is 1.57. The number of aromatic amines is 1. The van der Waals surface area contributed by atoms with Crippen LogP contribution in [-0.2, 0) is 0 Å². The maximum absolute atomic E-state index is 13.5. The summed E-state index contributed by atoms with van der Waals surface area (Å²) in [5.41, 5.74) is 3.13. The number of amides is 3. The van der Waals surface area contributed by atoms with Crippen molar-refractivity contribution in [3.8, 4) is 22.5 Å². The number of carbonyl (C=O) groups is 2. The van der Waals surface area contributed by atoms with Crippen molar-refractivity contribution in [1.82, 2.24) is 25.5 Å². The third kappa shape index (κ3) is 5.61. The Labute approximate surface area is 210 Å². The summed E-state index contributed by atoms with van der Waals surface area (Å²) in [5.74, 6) is -1.28. The summed E-state index contributed by atoms with van der Waals surface area (Å²) in [4.78, 5) is 27.2. The van der Waals surface area contributed by atoms with Crippen molar-refractivity contribution in [1.29, 1.82) is 0 Å². The Bertz CT molecular complexity index is 1400. The Morgan fingerprint density at radius 2 is 1.54 bits per heavy atom. The maximum atomic E-state index is 13.5. The van der Waals surface area contributed by atoms with Crippen molar-refractivity contribution in [3.63, 3.8) is 0 Å². The van der Waals surface area contributed by atoms with Gasteiger partial charge in [-0.3, -0.25) is 4.79 Å². The Morgan fingerprint density at radius 1 is 0.838 bits per heavy atom. The second kappa shape index (κ2) is 10.5. The summed E-state index contributed by atoms with van der Waals surface area (Å²) in [6, 6.07) is 14.6. The van der Waals surface area contributed by atoms with Gasteiger partial charge >= 0.3 is 6.03 Å². The molecule has 0 unspecified atom stereocenters. The third-order valence-electron chi connectivity index (χ3n) is 6.10. The number of aromatic nitrogens is 4. The molecule has 1 saturated heterocycles. The Balaban J connectivity index is 1.37. The zero-order valence-corrected chi connectivity index (χ0v) is 19.7. The smallest absolute Gasteiger partial charge is 0.323 e. The lowest BCUT2D eigenvalue weighted by Gasteiger charge is -2.26. The predicted octanol–water partition coefficient (Wildman–Crippen LogP) is 5.08. The molecule has 3 amide bonds. The summed E-state index contributed by atoms with van der Waals surface area (Å²) in [5, 5.41) is 18.9. The van der Waals surface area contributed by atoms with E-state index in [4.69, 9.17) is 0 Å². The van der Waals surface area contributed by atoms with Crippen LogP contribution in [0.25, 0.3) is 22.5 Å². The first-order valence-electron chi connectivity index (χ1n) is 11.8. The van der Waals surface area contributed by atoms with Gasteiger partial charge < -0.3 is 15.5 Å². The van der Waals surface area contributed by atoms with Crippen LogP contribution < -0.4 is 10.6 Å². The second-order valence-corrected chi connectivity index (χ2v) is 8.68. The van der Waals surface area contributed by atoms with E-state index in [0.717, 1.165) is 55.6 Å². The summed E-state index contributed by atoms with van der Waals surface area (Å²) in [6.07, 6.45) is 3.21. The lowest BCUT2D eigenvalue weighted by Crippen LogP contribution is -2.35. The first-order valence-corrected chi connectivity index (χ1v) is 11.8. The Kier molecular flexibility index (Phi) is 6.84. The van der Waals surface area contributed by atoms with Crippen molar-refractivity contribution < 1.29 is 18.4 Å². The number of piperidine rings is 1. The molecule has 5 rings (SSSR count). The number of H-pyrrole nitrogens is 1. The minimum Gasteiger partial charge on any atom is -0.339 e. The lowest BCUT2D eigenvalue weighted by molar-refractivity contribution is 0.0724. The zero-order valence-electron chi connectivity index (χ0n) is 19.7. The lowest BCUT2D eigenvalue weighted by atomic mass is 9.99. The van der Waals surface area contributed by atoms with Gasteiger partial charge in [0.25, 0.3) is 5.91 Å². The molecule has 0 radical (unpaired) electrons. The van der Waals surface area contributed by atoms with E-state index in [1.165, 1.54) is 0 Å². The van der Waals surface area contributed by atoms with Crippen molar-refractivity contribution in [3.05, 3.63) is 77.9 Å². The molecule has 2 heterocycles. The molecule has 1 aliphatic rings. The number of carbonyl (C=O) groups excluding carboxylic acids is 2. The average Bonchev–Trinajstić information content (AvgIpc) is 3.43. The SMILES string of the molecule is O=C(Nc1cc(F)cc(F)c1)Nc1ccc(-c2ccc(C(=O)N3CCCCC3)cc2)cc1-c1nnn[nH]1. The van der Waals surface area contributed by atoms with Crippen molar-refractivity contribution in [2.75, 3.05) is 23.7 Å². The van der Waals surface area contributed by atoms with Gasteiger partial charge in [0.1, 0.15) is 11.6 Å². The largest absolute Gasteiger partial charge is 0.339 e. The normalized spacial score (nSPS) is 13.3. The third-order valence-corrected chi connectivity index (χ3v) is 6.10. The number of hydrogen-bond donors (Lipinski definition) is 3. The summed E-state index contributed by atoms with van der Waals surface area (Å²) < 4.78 is 26.9. The van der Waals surface area contributed by atoms with Crippen LogP contribution in [0.4, 0.5) is 25.0 Å². The van der Waals surface area contributed by atoms with Gasteiger partial charge in [-0.1, -0.05) is 18.2 Å². The van der Waals surface area contributed by atoms with E-state index >= 15 is 0 Å². The Hall–Kier alpha value is -4.67. The molecule has 0 aliphatic carbocycles. The molecule has 0 bridgehead atoms. The Morgan fingerprint density at radius 3 is 2.22 bits per heavy atom. The number of urea groups is 1. The molecule has 4 aromatic rings. The van der Waals surface area contributed by atoms with Crippen LogP contribution in [-0.4, -0.2) is 50.6 Å². The van der Waals surface area contributed by atoms with Crippen LogP contribution in [0, 0.1) is 11.6 Å². The highest BCUT2D eigenvalue weighted by atomic mass is 19.1. The topological polar surface area (TPSA) is 116 Å². The molecular weight excluding hydrogens is 480 g/mol. The van der Waals surface area contributed by atoms with E-state index < -0.39 is 17.7 Å². The first-order chi connectivity index (χ1) is 18.0. The minimum absolute atomic E-state index is 0.0309. The molecular formula is C26H23F2N7O2. The first kappa shape index (κ1) is 24.0. The van der Waals surface area contributed by atoms with Gasteiger partial charge in [-0.2, -0.15) is 0 Å². The average molecular weight is 504 g/mol. The number of tetrazole rings is 1. The van der Waals surface area contributed by atoms with Gasteiger partial charge in [0.05, 0.1) is 5.69 Å².